The molecule has 0 aromatic carbocycles. The largest absolute Gasteiger partial charge is 0.409 e. The summed E-state index contributed by atoms with van der Waals surface area (Å²) in [5.41, 5.74) is 1.04. The average molecular weight is 319 g/mol. The number of rotatable bonds is 0. The molecule has 0 spiro atoms. The minimum Gasteiger partial charge on any atom is -0.409 e. The number of amidine groups is 1. The van der Waals surface area contributed by atoms with Crippen molar-refractivity contribution in [2.75, 3.05) is 7.05 Å². The van der Waals surface area contributed by atoms with Gasteiger partial charge in [0, 0.05) is 19.5 Å². The summed E-state index contributed by atoms with van der Waals surface area (Å²) in [5.74, 6) is 4.47. The summed E-state index contributed by atoms with van der Waals surface area (Å²) in [6.45, 7) is 7.66. The molecule has 23 heavy (non-hydrogen) atoms. The third-order valence-electron chi connectivity index (χ3n) is 8.85. The molecule has 4 fully saturated rings. The van der Waals surface area contributed by atoms with Gasteiger partial charge in [-0.2, -0.15) is 0 Å². The van der Waals surface area contributed by atoms with Crippen molar-refractivity contribution in [3.05, 3.63) is 0 Å². The zero-order valence-electron chi connectivity index (χ0n) is 15.4. The minimum absolute atomic E-state index is 0.407. The van der Waals surface area contributed by atoms with E-state index >= 15 is 0 Å². The summed E-state index contributed by atoms with van der Waals surface area (Å²) < 4.78 is 0. The Labute approximate surface area is 141 Å². The SMILES string of the molecule is CC1CC2N(C)C(=NO)CC[C@]2(C)[C@@H]2CC[C@]3(C)CCC[C@H]3[C@H]12. The molecule has 7 atom stereocenters. The first-order valence-corrected chi connectivity index (χ1v) is 9.84. The highest BCUT2D eigenvalue weighted by Crippen LogP contribution is 2.65. The first-order valence-electron chi connectivity index (χ1n) is 9.84. The van der Waals surface area contributed by atoms with Crippen LogP contribution in [0.3, 0.4) is 0 Å². The van der Waals surface area contributed by atoms with E-state index in [1.165, 1.54) is 44.9 Å². The molecule has 1 aliphatic heterocycles. The van der Waals surface area contributed by atoms with Crippen molar-refractivity contribution < 1.29 is 5.21 Å². The molecule has 1 saturated heterocycles. The second kappa shape index (κ2) is 5.13. The molecular formula is C20H34N2O. The Balaban J connectivity index is 1.69. The maximum absolute atomic E-state index is 9.34. The van der Waals surface area contributed by atoms with Gasteiger partial charge in [0.05, 0.1) is 0 Å². The van der Waals surface area contributed by atoms with Crippen molar-refractivity contribution in [3.63, 3.8) is 0 Å². The van der Waals surface area contributed by atoms with Gasteiger partial charge in [0.2, 0.25) is 0 Å². The van der Waals surface area contributed by atoms with Crippen molar-refractivity contribution in [1.29, 1.82) is 0 Å². The molecular weight excluding hydrogens is 284 g/mol. The van der Waals surface area contributed by atoms with Crippen LogP contribution in [-0.4, -0.2) is 29.0 Å². The van der Waals surface area contributed by atoms with Gasteiger partial charge in [0.15, 0.2) is 0 Å². The van der Waals surface area contributed by atoms with Crippen LogP contribution in [0.2, 0.25) is 0 Å². The summed E-state index contributed by atoms with van der Waals surface area (Å²) in [5, 5.41) is 12.9. The van der Waals surface area contributed by atoms with Crippen molar-refractivity contribution in [2.45, 2.75) is 78.2 Å². The maximum atomic E-state index is 9.34. The number of likely N-dealkylation sites (tertiary alicyclic amines) is 1. The topological polar surface area (TPSA) is 35.8 Å². The molecule has 0 radical (unpaired) electrons. The number of oxime groups is 1. The molecule has 2 unspecified atom stereocenters. The van der Waals surface area contributed by atoms with Crippen molar-refractivity contribution in [2.24, 2.45) is 39.7 Å². The number of hydrogen-bond donors (Lipinski definition) is 1. The van der Waals surface area contributed by atoms with E-state index in [0.717, 1.165) is 35.9 Å². The lowest BCUT2D eigenvalue weighted by molar-refractivity contribution is -0.121. The lowest BCUT2D eigenvalue weighted by atomic mass is 9.45. The second-order valence-electron chi connectivity index (χ2n) is 9.74. The first kappa shape index (κ1) is 15.8. The standard InChI is InChI=1S/C20H34N2O/c1-13-12-16-20(3,11-8-17(21-23)22(16)4)15-7-10-19(2)9-5-6-14(19)18(13)15/h13-16,18,23H,5-12H2,1-4H3/t13?,14-,15+,16?,18-,19-,20+/m0/s1. The van der Waals surface area contributed by atoms with Crippen LogP contribution in [-0.2, 0) is 0 Å². The van der Waals surface area contributed by atoms with Crippen LogP contribution in [0.15, 0.2) is 5.16 Å². The van der Waals surface area contributed by atoms with Gasteiger partial charge in [-0.1, -0.05) is 32.3 Å². The Morgan fingerprint density at radius 3 is 2.65 bits per heavy atom. The van der Waals surface area contributed by atoms with Crippen molar-refractivity contribution in [3.8, 4) is 0 Å². The van der Waals surface area contributed by atoms with Crippen LogP contribution < -0.4 is 0 Å². The van der Waals surface area contributed by atoms with Crippen molar-refractivity contribution >= 4 is 5.84 Å². The maximum Gasteiger partial charge on any atom is 0.144 e. The number of nitrogens with zero attached hydrogens (tertiary/aromatic N) is 2. The predicted molar refractivity (Wildman–Crippen MR) is 93.6 cm³/mol. The van der Waals surface area contributed by atoms with Gasteiger partial charge in [-0.25, -0.2) is 0 Å². The second-order valence-corrected chi connectivity index (χ2v) is 9.74. The summed E-state index contributed by atoms with van der Waals surface area (Å²) in [4.78, 5) is 2.32. The average Bonchev–Trinajstić information content (AvgIpc) is 2.91. The molecule has 3 nitrogen and oxygen atoms in total. The fraction of sp³-hybridized carbons (Fsp3) is 0.950. The fourth-order valence-electron chi connectivity index (χ4n) is 7.58. The first-order chi connectivity index (χ1) is 10.9. The molecule has 1 heterocycles. The summed E-state index contributed by atoms with van der Waals surface area (Å²) in [7, 11) is 2.16. The number of fused-ring (bicyclic) bond motifs is 5. The highest BCUT2D eigenvalue weighted by atomic mass is 16.4. The molecule has 4 aliphatic rings. The Hall–Kier alpha value is -0.730. The third kappa shape index (κ3) is 2.04. The van der Waals surface area contributed by atoms with Gasteiger partial charge in [0.1, 0.15) is 5.84 Å². The summed E-state index contributed by atoms with van der Waals surface area (Å²) >= 11 is 0. The van der Waals surface area contributed by atoms with E-state index in [0.29, 0.717) is 16.9 Å². The smallest absolute Gasteiger partial charge is 0.144 e. The predicted octanol–water partition coefficient (Wildman–Crippen LogP) is 4.75. The third-order valence-corrected chi connectivity index (χ3v) is 8.85. The summed E-state index contributed by atoms with van der Waals surface area (Å²) in [6.07, 6.45) is 10.7. The van der Waals surface area contributed by atoms with Gasteiger partial charge in [-0.3, -0.25) is 0 Å². The normalized spacial score (nSPS) is 54.5. The molecule has 0 aromatic rings. The molecule has 3 saturated carbocycles. The van der Waals surface area contributed by atoms with Crippen LogP contribution in [0, 0.1) is 34.5 Å². The molecule has 1 N–H and O–H groups in total. The fourth-order valence-corrected chi connectivity index (χ4v) is 7.58. The van der Waals surface area contributed by atoms with Gasteiger partial charge >= 0.3 is 0 Å². The van der Waals surface area contributed by atoms with E-state index < -0.39 is 0 Å². The van der Waals surface area contributed by atoms with E-state index in [2.05, 4.69) is 37.9 Å². The van der Waals surface area contributed by atoms with Crippen LogP contribution in [0.1, 0.15) is 72.1 Å². The van der Waals surface area contributed by atoms with Crippen molar-refractivity contribution in [1.82, 2.24) is 4.90 Å². The Morgan fingerprint density at radius 2 is 1.91 bits per heavy atom. The molecule has 0 amide bonds. The monoisotopic (exact) mass is 318 g/mol. The van der Waals surface area contributed by atoms with Gasteiger partial charge in [-0.05, 0) is 73.0 Å². The minimum atomic E-state index is 0.407. The molecule has 0 bridgehead atoms. The number of piperidine rings is 1. The zero-order chi connectivity index (χ0) is 16.4. The van der Waals surface area contributed by atoms with E-state index in [9.17, 15) is 5.21 Å². The van der Waals surface area contributed by atoms with Crippen LogP contribution in [0.4, 0.5) is 0 Å². The lowest BCUT2D eigenvalue weighted by Crippen LogP contribution is -2.63. The zero-order valence-corrected chi connectivity index (χ0v) is 15.4. The quantitative estimate of drug-likeness (QED) is 0.517. The molecule has 130 valence electrons. The molecule has 0 aromatic heterocycles. The van der Waals surface area contributed by atoms with Crippen LogP contribution >= 0.6 is 0 Å². The molecule has 3 heteroatoms. The Bertz CT molecular complexity index is 518. The van der Waals surface area contributed by atoms with Crippen LogP contribution in [0.25, 0.3) is 0 Å². The Morgan fingerprint density at radius 1 is 1.13 bits per heavy atom. The lowest BCUT2D eigenvalue weighted by Gasteiger charge is -2.63. The van der Waals surface area contributed by atoms with Gasteiger partial charge in [0.25, 0.3) is 0 Å². The highest BCUT2D eigenvalue weighted by Gasteiger charge is 2.60. The Kier molecular flexibility index (Phi) is 3.52. The van der Waals surface area contributed by atoms with Crippen LogP contribution in [0.5, 0.6) is 0 Å². The van der Waals surface area contributed by atoms with E-state index in [1.54, 1.807) is 0 Å². The van der Waals surface area contributed by atoms with E-state index in [1.807, 2.05) is 0 Å². The summed E-state index contributed by atoms with van der Waals surface area (Å²) in [6, 6.07) is 0.559. The van der Waals surface area contributed by atoms with Gasteiger partial charge < -0.3 is 10.1 Å². The molecule has 4 rings (SSSR count). The molecule has 3 aliphatic carbocycles. The highest BCUT2D eigenvalue weighted by molar-refractivity contribution is 5.82. The number of hydrogen-bond acceptors (Lipinski definition) is 2. The van der Waals surface area contributed by atoms with E-state index in [-0.39, 0.29) is 0 Å². The van der Waals surface area contributed by atoms with Gasteiger partial charge in [-0.15, -0.1) is 0 Å². The van der Waals surface area contributed by atoms with E-state index in [4.69, 9.17) is 0 Å².